The zero-order valence-corrected chi connectivity index (χ0v) is 11.2. The van der Waals surface area contributed by atoms with Gasteiger partial charge >= 0.3 is 0 Å². The number of para-hydroxylation sites is 1. The van der Waals surface area contributed by atoms with Gasteiger partial charge in [-0.05, 0) is 31.5 Å². The number of carbonyl (C=O) groups excluding carboxylic acids is 1. The maximum absolute atomic E-state index is 12.1. The summed E-state index contributed by atoms with van der Waals surface area (Å²) < 4.78 is 0. The van der Waals surface area contributed by atoms with Crippen molar-refractivity contribution >= 4 is 17.3 Å². The first-order valence-corrected chi connectivity index (χ1v) is 6.11. The maximum atomic E-state index is 12.1. The van der Waals surface area contributed by atoms with Crippen LogP contribution in [0, 0.1) is 24.0 Å². The molecular formula is C15H14N2O3. The van der Waals surface area contributed by atoms with Crippen molar-refractivity contribution in [2.75, 3.05) is 5.32 Å². The number of amides is 1. The SMILES string of the molecule is Cc1ccc(C(=O)Nc2c(C)cccc2[N+](=O)[O-])cc1. The molecule has 0 saturated carbocycles. The van der Waals surface area contributed by atoms with Crippen molar-refractivity contribution in [2.45, 2.75) is 13.8 Å². The summed E-state index contributed by atoms with van der Waals surface area (Å²) in [5.41, 5.74) is 2.30. The lowest BCUT2D eigenvalue weighted by atomic mass is 10.1. The molecule has 2 aromatic rings. The fourth-order valence-electron chi connectivity index (χ4n) is 1.86. The van der Waals surface area contributed by atoms with Crippen LogP contribution in [0.2, 0.25) is 0 Å². The van der Waals surface area contributed by atoms with Crippen LogP contribution in [0.3, 0.4) is 0 Å². The summed E-state index contributed by atoms with van der Waals surface area (Å²) in [7, 11) is 0. The van der Waals surface area contributed by atoms with Gasteiger partial charge in [0.15, 0.2) is 0 Å². The first kappa shape index (κ1) is 13.7. The van der Waals surface area contributed by atoms with E-state index in [4.69, 9.17) is 0 Å². The van der Waals surface area contributed by atoms with Gasteiger partial charge in [-0.1, -0.05) is 29.8 Å². The second-order valence-corrected chi connectivity index (χ2v) is 4.55. The Balaban J connectivity index is 2.32. The summed E-state index contributed by atoms with van der Waals surface area (Å²) in [6.07, 6.45) is 0. The van der Waals surface area contributed by atoms with E-state index in [1.54, 1.807) is 31.2 Å². The predicted octanol–water partition coefficient (Wildman–Crippen LogP) is 3.46. The topological polar surface area (TPSA) is 72.2 Å². The number of carbonyl (C=O) groups is 1. The molecule has 20 heavy (non-hydrogen) atoms. The Labute approximate surface area is 116 Å². The minimum atomic E-state index is -0.502. The lowest BCUT2D eigenvalue weighted by molar-refractivity contribution is -0.383. The predicted molar refractivity (Wildman–Crippen MR) is 77.0 cm³/mol. The van der Waals surface area contributed by atoms with Gasteiger partial charge < -0.3 is 5.32 Å². The van der Waals surface area contributed by atoms with Crippen LogP contribution in [0.4, 0.5) is 11.4 Å². The molecule has 0 aliphatic rings. The van der Waals surface area contributed by atoms with Gasteiger partial charge in [0.25, 0.3) is 11.6 Å². The third kappa shape index (κ3) is 2.83. The smallest absolute Gasteiger partial charge is 0.293 e. The van der Waals surface area contributed by atoms with Crippen LogP contribution in [-0.4, -0.2) is 10.8 Å². The van der Waals surface area contributed by atoms with Crippen LogP contribution in [0.5, 0.6) is 0 Å². The van der Waals surface area contributed by atoms with E-state index in [1.165, 1.54) is 6.07 Å². The number of aryl methyl sites for hydroxylation is 2. The monoisotopic (exact) mass is 270 g/mol. The molecule has 0 spiro atoms. The van der Waals surface area contributed by atoms with E-state index in [0.717, 1.165) is 5.56 Å². The first-order valence-electron chi connectivity index (χ1n) is 6.11. The van der Waals surface area contributed by atoms with E-state index in [1.807, 2.05) is 19.1 Å². The van der Waals surface area contributed by atoms with Crippen LogP contribution in [-0.2, 0) is 0 Å². The van der Waals surface area contributed by atoms with Crippen LogP contribution in [0.1, 0.15) is 21.5 Å². The lowest BCUT2D eigenvalue weighted by Crippen LogP contribution is -2.14. The Hall–Kier alpha value is -2.69. The van der Waals surface area contributed by atoms with E-state index < -0.39 is 4.92 Å². The molecule has 5 heteroatoms. The van der Waals surface area contributed by atoms with Gasteiger partial charge in [-0.25, -0.2) is 0 Å². The minimum Gasteiger partial charge on any atom is -0.316 e. The van der Waals surface area contributed by atoms with Gasteiger partial charge in [0.05, 0.1) is 4.92 Å². The van der Waals surface area contributed by atoms with Crippen LogP contribution < -0.4 is 5.32 Å². The van der Waals surface area contributed by atoms with Crippen molar-refractivity contribution in [1.82, 2.24) is 0 Å². The third-order valence-corrected chi connectivity index (χ3v) is 3.00. The number of nitro benzene ring substituents is 1. The summed E-state index contributed by atoms with van der Waals surface area (Å²) in [6, 6.07) is 11.7. The number of hydrogen-bond donors (Lipinski definition) is 1. The molecule has 0 radical (unpaired) electrons. The molecule has 0 unspecified atom stereocenters. The molecule has 1 N–H and O–H groups in total. The molecule has 0 fully saturated rings. The quantitative estimate of drug-likeness (QED) is 0.685. The molecule has 0 atom stereocenters. The van der Waals surface area contributed by atoms with Crippen molar-refractivity contribution in [3.05, 3.63) is 69.3 Å². The number of nitrogens with zero attached hydrogens (tertiary/aromatic N) is 1. The molecule has 102 valence electrons. The van der Waals surface area contributed by atoms with Crippen molar-refractivity contribution in [3.63, 3.8) is 0 Å². The van der Waals surface area contributed by atoms with Gasteiger partial charge in [0, 0.05) is 11.6 Å². The van der Waals surface area contributed by atoms with Gasteiger partial charge in [0.1, 0.15) is 5.69 Å². The van der Waals surface area contributed by atoms with E-state index >= 15 is 0 Å². The average Bonchev–Trinajstić information content (AvgIpc) is 2.41. The van der Waals surface area contributed by atoms with Crippen LogP contribution in [0.15, 0.2) is 42.5 Å². The molecule has 0 aromatic heterocycles. The maximum Gasteiger partial charge on any atom is 0.293 e. The summed E-state index contributed by atoms with van der Waals surface area (Å²) >= 11 is 0. The number of nitro groups is 1. The number of benzene rings is 2. The Morgan fingerprint density at radius 2 is 1.75 bits per heavy atom. The van der Waals surface area contributed by atoms with Crippen LogP contribution in [0.25, 0.3) is 0 Å². The molecule has 2 aromatic carbocycles. The normalized spacial score (nSPS) is 10.1. The Morgan fingerprint density at radius 1 is 1.10 bits per heavy atom. The number of anilines is 1. The number of hydrogen-bond acceptors (Lipinski definition) is 3. The average molecular weight is 270 g/mol. The van der Waals surface area contributed by atoms with Gasteiger partial charge in [-0.3, -0.25) is 14.9 Å². The Morgan fingerprint density at radius 3 is 2.35 bits per heavy atom. The second-order valence-electron chi connectivity index (χ2n) is 4.55. The summed E-state index contributed by atoms with van der Waals surface area (Å²) in [4.78, 5) is 22.6. The molecule has 0 saturated heterocycles. The van der Waals surface area contributed by atoms with E-state index in [0.29, 0.717) is 11.1 Å². The number of rotatable bonds is 3. The highest BCUT2D eigenvalue weighted by atomic mass is 16.6. The standard InChI is InChI=1S/C15H14N2O3/c1-10-6-8-12(9-7-10)15(18)16-14-11(2)4-3-5-13(14)17(19)20/h3-9H,1-2H3,(H,16,18). The van der Waals surface area contributed by atoms with Crippen LogP contribution >= 0.6 is 0 Å². The van der Waals surface area contributed by atoms with Gasteiger partial charge in [0.2, 0.25) is 0 Å². The molecule has 5 nitrogen and oxygen atoms in total. The fourth-order valence-corrected chi connectivity index (χ4v) is 1.86. The summed E-state index contributed by atoms with van der Waals surface area (Å²) in [6.45, 7) is 3.64. The van der Waals surface area contributed by atoms with E-state index in [9.17, 15) is 14.9 Å². The molecule has 0 bridgehead atoms. The molecule has 0 aliphatic heterocycles. The largest absolute Gasteiger partial charge is 0.316 e. The zero-order valence-electron chi connectivity index (χ0n) is 11.2. The summed E-state index contributed by atoms with van der Waals surface area (Å²) in [5, 5.41) is 13.6. The highest BCUT2D eigenvalue weighted by Crippen LogP contribution is 2.28. The van der Waals surface area contributed by atoms with Crippen molar-refractivity contribution in [1.29, 1.82) is 0 Å². The lowest BCUT2D eigenvalue weighted by Gasteiger charge is -2.09. The fraction of sp³-hybridized carbons (Fsp3) is 0.133. The molecular weight excluding hydrogens is 256 g/mol. The van der Waals surface area contributed by atoms with Gasteiger partial charge in [-0.15, -0.1) is 0 Å². The highest BCUT2D eigenvalue weighted by molar-refractivity contribution is 6.05. The molecule has 0 aliphatic carbocycles. The molecule has 2 rings (SSSR count). The molecule has 1 amide bonds. The second kappa shape index (κ2) is 5.52. The van der Waals surface area contributed by atoms with E-state index in [-0.39, 0.29) is 17.3 Å². The first-order chi connectivity index (χ1) is 9.49. The summed E-state index contributed by atoms with van der Waals surface area (Å²) in [5.74, 6) is -0.359. The Bertz CT molecular complexity index is 663. The zero-order chi connectivity index (χ0) is 14.7. The van der Waals surface area contributed by atoms with Crippen molar-refractivity contribution in [2.24, 2.45) is 0 Å². The minimum absolute atomic E-state index is 0.106. The highest BCUT2D eigenvalue weighted by Gasteiger charge is 2.18. The van der Waals surface area contributed by atoms with Crippen molar-refractivity contribution in [3.8, 4) is 0 Å². The molecule has 0 heterocycles. The number of nitrogens with one attached hydrogen (secondary N) is 1. The van der Waals surface area contributed by atoms with E-state index in [2.05, 4.69) is 5.32 Å². The van der Waals surface area contributed by atoms with Gasteiger partial charge in [-0.2, -0.15) is 0 Å². The third-order valence-electron chi connectivity index (χ3n) is 3.00. The van der Waals surface area contributed by atoms with Crippen molar-refractivity contribution < 1.29 is 9.72 Å². The Kier molecular flexibility index (Phi) is 3.79.